The summed E-state index contributed by atoms with van der Waals surface area (Å²) in [6, 6.07) is 10.1. The van der Waals surface area contributed by atoms with Crippen molar-refractivity contribution in [2.24, 2.45) is 16.6 Å². The molecule has 1 aromatic rings. The molecule has 7 nitrogen and oxygen atoms in total. The van der Waals surface area contributed by atoms with Crippen LogP contribution in [-0.2, 0) is 4.74 Å². The van der Waals surface area contributed by atoms with Gasteiger partial charge in [0.15, 0.2) is 0 Å². The summed E-state index contributed by atoms with van der Waals surface area (Å²) in [5, 5.41) is 16.4. The van der Waals surface area contributed by atoms with Gasteiger partial charge in [0.05, 0.1) is 24.1 Å². The number of rotatable bonds is 11. The van der Waals surface area contributed by atoms with Gasteiger partial charge >= 0.3 is 51.4 Å². The zero-order valence-corrected chi connectivity index (χ0v) is 28.6. The van der Waals surface area contributed by atoms with Gasteiger partial charge < -0.3 is 26.0 Å². The van der Waals surface area contributed by atoms with Crippen molar-refractivity contribution in [3.8, 4) is 6.07 Å². The summed E-state index contributed by atoms with van der Waals surface area (Å²) in [4.78, 5) is 5.51. The zero-order valence-electron chi connectivity index (χ0n) is 24.6. The van der Waals surface area contributed by atoms with Crippen LogP contribution in [0.4, 0.5) is 8.78 Å². The molecule has 1 fully saturated rings. The second-order valence-electron chi connectivity index (χ2n) is 8.34. The van der Waals surface area contributed by atoms with Crippen molar-refractivity contribution in [1.29, 1.82) is 5.26 Å². The first kappa shape index (κ1) is 38.5. The number of thioether (sulfide) groups is 1. The third-order valence-electron chi connectivity index (χ3n) is 5.68. The van der Waals surface area contributed by atoms with Crippen LogP contribution in [0, 0.1) is 17.2 Å². The van der Waals surface area contributed by atoms with Crippen LogP contribution in [0.2, 0.25) is 0 Å². The number of allylic oxidation sites excluding steroid dienone is 2. The fourth-order valence-corrected chi connectivity index (χ4v) is 4.73. The molecule has 1 aliphatic heterocycles. The zero-order chi connectivity index (χ0) is 29.4. The minimum absolute atomic E-state index is 0. The fraction of sp³-hybridized carbons (Fsp3) is 0.448. The van der Waals surface area contributed by atoms with E-state index in [0.29, 0.717) is 34.1 Å². The Balaban J connectivity index is 0.00000117. The number of hydrogen-bond acceptors (Lipinski definition) is 7. The third kappa shape index (κ3) is 12.6. The molecule has 0 bridgehead atoms. The van der Waals surface area contributed by atoms with Gasteiger partial charge in [-0.25, -0.2) is 8.78 Å². The van der Waals surface area contributed by atoms with Gasteiger partial charge in [-0.05, 0) is 55.1 Å². The number of aliphatic imine (C=N–C) groups is 1. The number of nitrogens with zero attached hydrogens (tertiary/aromatic N) is 4. The van der Waals surface area contributed by atoms with Crippen molar-refractivity contribution >= 4 is 18.0 Å². The Kier molecular flexibility index (Phi) is 20.5. The van der Waals surface area contributed by atoms with Crippen LogP contribution in [0.1, 0.15) is 32.3 Å². The van der Waals surface area contributed by atoms with Crippen molar-refractivity contribution in [2.45, 2.75) is 50.0 Å². The quantitative estimate of drug-likeness (QED) is 0.176. The Morgan fingerprint density at radius 3 is 2.38 bits per heavy atom. The van der Waals surface area contributed by atoms with E-state index in [1.807, 2.05) is 45.2 Å². The van der Waals surface area contributed by atoms with Gasteiger partial charge in [0.25, 0.3) is 6.43 Å². The average molecular weight is 599 g/mol. The van der Waals surface area contributed by atoms with Crippen LogP contribution < -0.4 is 62.4 Å². The van der Waals surface area contributed by atoms with Crippen LogP contribution >= 0.6 is 11.8 Å². The first-order chi connectivity index (χ1) is 18.8. The average Bonchev–Trinajstić information content (AvgIpc) is 3.81. The minimum Gasteiger partial charge on any atom is -0.661 e. The number of halogens is 2. The number of benzene rings is 1. The van der Waals surface area contributed by atoms with E-state index >= 15 is 0 Å². The Hall–Kier alpha value is -1.49. The van der Waals surface area contributed by atoms with Gasteiger partial charge in [0.1, 0.15) is 11.8 Å². The van der Waals surface area contributed by atoms with Crippen LogP contribution in [0.25, 0.3) is 5.32 Å². The van der Waals surface area contributed by atoms with E-state index in [1.54, 1.807) is 44.7 Å². The molecule has 3 N–H and O–H groups in total. The predicted octanol–water partition coefficient (Wildman–Crippen LogP) is 3.01. The van der Waals surface area contributed by atoms with Gasteiger partial charge in [-0.2, -0.15) is 5.26 Å². The predicted molar refractivity (Wildman–Crippen MR) is 159 cm³/mol. The summed E-state index contributed by atoms with van der Waals surface area (Å²) >= 11 is 1.53. The van der Waals surface area contributed by atoms with E-state index in [1.165, 1.54) is 42.7 Å². The topological polar surface area (TPSA) is 101 Å². The molecule has 2 aliphatic rings. The molecule has 3 unspecified atom stereocenters. The SMILES string of the molecule is C=C/C([N-]C(N)SC(NC)C1CC1)=C(\C=NC)C1=CC(C(F)F)N(C)C=C1OC.CC.N#Cc1ccccc1.[K+]. The normalized spacial score (nSPS) is 18.2. The van der Waals surface area contributed by atoms with Crippen LogP contribution in [-0.4, -0.2) is 62.7 Å². The van der Waals surface area contributed by atoms with E-state index in [0.717, 1.165) is 0 Å². The van der Waals surface area contributed by atoms with E-state index in [-0.39, 0.29) is 56.8 Å². The number of alkyl halides is 2. The molecule has 1 aromatic carbocycles. The van der Waals surface area contributed by atoms with Gasteiger partial charge in [-0.1, -0.05) is 38.1 Å². The van der Waals surface area contributed by atoms with Crippen molar-refractivity contribution in [1.82, 2.24) is 10.2 Å². The number of nitrogens with two attached hydrogens (primary N) is 1. The third-order valence-corrected chi connectivity index (χ3v) is 6.98. The molecule has 1 heterocycles. The molecule has 1 aliphatic carbocycles. The summed E-state index contributed by atoms with van der Waals surface area (Å²) in [7, 11) is 6.60. The monoisotopic (exact) mass is 598 g/mol. The number of nitriles is 1. The first-order valence-corrected chi connectivity index (χ1v) is 13.7. The van der Waals surface area contributed by atoms with Crippen molar-refractivity contribution < 1.29 is 64.9 Å². The largest absolute Gasteiger partial charge is 1.00 e. The molecule has 0 aromatic heterocycles. The van der Waals surface area contributed by atoms with E-state index < -0.39 is 18.0 Å². The second kappa shape index (κ2) is 21.2. The van der Waals surface area contributed by atoms with Gasteiger partial charge in [-0.3, -0.25) is 4.99 Å². The second-order valence-corrected chi connectivity index (χ2v) is 9.60. The number of nitrogens with one attached hydrogen (secondary N) is 1. The summed E-state index contributed by atoms with van der Waals surface area (Å²) < 4.78 is 32.4. The molecule has 0 amide bonds. The maximum Gasteiger partial charge on any atom is 1.00 e. The fourth-order valence-electron chi connectivity index (χ4n) is 3.63. The Morgan fingerprint density at radius 2 is 1.95 bits per heavy atom. The Bertz CT molecular complexity index is 1050. The molecular weight excluding hydrogens is 558 g/mol. The minimum atomic E-state index is -2.55. The molecule has 11 heteroatoms. The maximum atomic E-state index is 13.5. The molecule has 3 rings (SSSR count). The molecule has 3 atom stereocenters. The van der Waals surface area contributed by atoms with Crippen molar-refractivity contribution in [2.75, 3.05) is 28.3 Å². The van der Waals surface area contributed by atoms with Gasteiger partial charge in [-0.15, -0.1) is 24.0 Å². The molecule has 0 saturated heterocycles. The Morgan fingerprint density at radius 1 is 1.32 bits per heavy atom. The van der Waals surface area contributed by atoms with Crippen LogP contribution in [0.3, 0.4) is 0 Å². The molecule has 40 heavy (non-hydrogen) atoms. The summed E-state index contributed by atoms with van der Waals surface area (Å²) in [6.45, 7) is 7.84. The van der Waals surface area contributed by atoms with Crippen LogP contribution in [0.5, 0.6) is 0 Å². The molecular formula is C29H41F2KN6OS. The molecule has 0 radical (unpaired) electrons. The summed E-state index contributed by atoms with van der Waals surface area (Å²) in [6.07, 6.45) is 5.96. The number of hydrogen-bond donors (Lipinski definition) is 2. The van der Waals surface area contributed by atoms with Crippen LogP contribution in [0.15, 0.2) is 82.9 Å². The number of likely N-dealkylation sites (N-methyl/N-ethyl adjacent to an activating group) is 1. The van der Waals surface area contributed by atoms with Crippen molar-refractivity contribution in [3.63, 3.8) is 0 Å². The van der Waals surface area contributed by atoms with E-state index in [2.05, 4.69) is 22.2 Å². The van der Waals surface area contributed by atoms with Gasteiger partial charge in [0.2, 0.25) is 0 Å². The maximum absolute atomic E-state index is 13.5. The molecule has 214 valence electrons. The van der Waals surface area contributed by atoms with E-state index in [9.17, 15) is 8.78 Å². The molecule has 0 spiro atoms. The number of methoxy groups -OCH3 is 1. The van der Waals surface area contributed by atoms with Crippen molar-refractivity contribution in [3.05, 3.63) is 88.7 Å². The Labute approximate surface area is 285 Å². The number of ether oxygens (including phenoxy) is 1. The smallest absolute Gasteiger partial charge is 0.661 e. The van der Waals surface area contributed by atoms with E-state index in [4.69, 9.17) is 15.7 Å². The standard InChI is InChI=1S/C20H30F2N5OS.C7H5N.C2H6.K/c1-6-15(26-20(23)29-19(25-3)12-7-8-12)14(10-24-2)13-9-16(18(21)22)27(4)11-17(13)28-5;8-6-7-4-2-1-3-5-7;1-2;/h6,9-12,16,18-20,25H,1,7-8,23H2,2-5H3;1-5H;1-2H3;/q-1;;;+1/b15-14-,24-10?;;;. The molecule has 1 saturated carbocycles. The summed E-state index contributed by atoms with van der Waals surface area (Å²) in [5.41, 5.74) is 7.95. The first-order valence-electron chi connectivity index (χ1n) is 12.8. The summed E-state index contributed by atoms with van der Waals surface area (Å²) in [5.74, 6) is 1.05. The van der Waals surface area contributed by atoms with Gasteiger partial charge in [0, 0.05) is 32.1 Å².